The van der Waals surface area contributed by atoms with Gasteiger partial charge < -0.3 is 10.2 Å². The fourth-order valence-corrected chi connectivity index (χ4v) is 5.41. The van der Waals surface area contributed by atoms with Gasteiger partial charge in [0.25, 0.3) is 5.69 Å². The SMILES string of the molecule is Cc1ccc([N+](=O)[O-])cc1N(CC(=O)N(Cc1ccccc1Cl)[C@@H](Cc1ccccc1)C(=O)NC(C)C)S(C)(=O)=O. The van der Waals surface area contributed by atoms with Gasteiger partial charge in [0, 0.05) is 36.2 Å². The Morgan fingerprint density at radius 3 is 2.24 bits per heavy atom. The molecule has 3 rings (SSSR count). The van der Waals surface area contributed by atoms with Crippen LogP contribution in [-0.4, -0.2) is 54.9 Å². The first-order chi connectivity index (χ1) is 19.3. The van der Waals surface area contributed by atoms with Crippen LogP contribution in [0.1, 0.15) is 30.5 Å². The van der Waals surface area contributed by atoms with E-state index in [0.717, 1.165) is 22.2 Å². The molecular weight excluding hydrogens is 568 g/mol. The van der Waals surface area contributed by atoms with Gasteiger partial charge in [0.15, 0.2) is 0 Å². The van der Waals surface area contributed by atoms with E-state index < -0.39 is 39.3 Å². The normalized spacial score (nSPS) is 12.0. The van der Waals surface area contributed by atoms with Gasteiger partial charge >= 0.3 is 0 Å². The quantitative estimate of drug-likeness (QED) is 0.241. The summed E-state index contributed by atoms with van der Waals surface area (Å²) in [5.41, 5.74) is 1.46. The van der Waals surface area contributed by atoms with Crippen molar-refractivity contribution in [1.82, 2.24) is 10.2 Å². The van der Waals surface area contributed by atoms with Gasteiger partial charge in [0.1, 0.15) is 12.6 Å². The number of non-ortho nitro benzene ring substituents is 1. The van der Waals surface area contributed by atoms with Crippen molar-refractivity contribution in [1.29, 1.82) is 0 Å². The summed E-state index contributed by atoms with van der Waals surface area (Å²) in [5, 5.41) is 14.7. The second-order valence-corrected chi connectivity index (χ2v) is 12.3. The zero-order valence-electron chi connectivity index (χ0n) is 23.3. The number of carbonyl (C=O) groups is 2. The summed E-state index contributed by atoms with van der Waals surface area (Å²) >= 11 is 6.44. The maximum Gasteiger partial charge on any atom is 0.271 e. The largest absolute Gasteiger partial charge is 0.352 e. The Morgan fingerprint density at radius 2 is 1.66 bits per heavy atom. The molecule has 0 saturated carbocycles. The summed E-state index contributed by atoms with van der Waals surface area (Å²) in [6.45, 7) is 4.43. The summed E-state index contributed by atoms with van der Waals surface area (Å²) in [4.78, 5) is 39.8. The van der Waals surface area contributed by atoms with Crippen LogP contribution in [0.5, 0.6) is 0 Å². The van der Waals surface area contributed by atoms with Crippen LogP contribution in [0, 0.1) is 17.0 Å². The number of nitro benzene ring substituents is 1. The highest BCUT2D eigenvalue weighted by molar-refractivity contribution is 7.92. The van der Waals surface area contributed by atoms with Crippen molar-refractivity contribution in [2.24, 2.45) is 0 Å². The number of carbonyl (C=O) groups excluding carboxylic acids is 2. The lowest BCUT2D eigenvalue weighted by Gasteiger charge is -2.34. The fourth-order valence-electron chi connectivity index (χ4n) is 4.32. The molecule has 0 heterocycles. The number of rotatable bonds is 12. The monoisotopic (exact) mass is 600 g/mol. The summed E-state index contributed by atoms with van der Waals surface area (Å²) < 4.78 is 26.8. The number of halogens is 1. The second-order valence-electron chi connectivity index (χ2n) is 9.98. The number of nitro groups is 1. The molecule has 0 unspecified atom stereocenters. The third kappa shape index (κ3) is 8.51. The molecule has 2 amide bonds. The van der Waals surface area contributed by atoms with Crippen LogP contribution in [0.15, 0.2) is 72.8 Å². The molecule has 0 spiro atoms. The van der Waals surface area contributed by atoms with Crippen LogP contribution in [0.4, 0.5) is 11.4 Å². The maximum atomic E-state index is 14.1. The van der Waals surface area contributed by atoms with Crippen LogP contribution >= 0.6 is 11.6 Å². The second kappa shape index (κ2) is 13.6. The van der Waals surface area contributed by atoms with Crippen molar-refractivity contribution in [3.63, 3.8) is 0 Å². The van der Waals surface area contributed by atoms with E-state index in [4.69, 9.17) is 11.6 Å². The number of nitrogens with one attached hydrogen (secondary N) is 1. The Hall–Kier alpha value is -3.96. The summed E-state index contributed by atoms with van der Waals surface area (Å²) in [7, 11) is -4.08. The Morgan fingerprint density at radius 1 is 1.02 bits per heavy atom. The molecule has 0 fully saturated rings. The van der Waals surface area contributed by atoms with E-state index in [2.05, 4.69) is 5.32 Å². The first-order valence-corrected chi connectivity index (χ1v) is 15.1. The molecule has 1 N–H and O–H groups in total. The highest BCUT2D eigenvalue weighted by Crippen LogP contribution is 2.28. The Bertz CT molecular complexity index is 1510. The molecule has 0 aromatic heterocycles. The van der Waals surface area contributed by atoms with Gasteiger partial charge in [-0.2, -0.15) is 0 Å². The van der Waals surface area contributed by atoms with Gasteiger partial charge in [0.05, 0.1) is 16.9 Å². The van der Waals surface area contributed by atoms with Gasteiger partial charge in [-0.1, -0.05) is 66.2 Å². The van der Waals surface area contributed by atoms with E-state index in [0.29, 0.717) is 16.1 Å². The van der Waals surface area contributed by atoms with Gasteiger partial charge in [-0.25, -0.2) is 8.42 Å². The molecule has 0 radical (unpaired) electrons. The average molecular weight is 601 g/mol. The molecule has 0 aliphatic rings. The molecule has 0 bridgehead atoms. The highest BCUT2D eigenvalue weighted by Gasteiger charge is 2.34. The van der Waals surface area contributed by atoms with Gasteiger partial charge in [0.2, 0.25) is 21.8 Å². The van der Waals surface area contributed by atoms with Crippen LogP contribution in [-0.2, 0) is 32.6 Å². The zero-order valence-corrected chi connectivity index (χ0v) is 24.9. The van der Waals surface area contributed by atoms with E-state index in [-0.39, 0.29) is 30.4 Å². The lowest BCUT2D eigenvalue weighted by molar-refractivity contribution is -0.384. The van der Waals surface area contributed by atoms with Crippen molar-refractivity contribution >= 4 is 44.8 Å². The minimum Gasteiger partial charge on any atom is -0.352 e. The number of nitrogens with zero attached hydrogens (tertiary/aromatic N) is 3. The van der Waals surface area contributed by atoms with E-state index in [1.54, 1.807) is 45.0 Å². The highest BCUT2D eigenvalue weighted by atomic mass is 35.5. The van der Waals surface area contributed by atoms with Crippen molar-refractivity contribution in [2.45, 2.75) is 45.8 Å². The van der Waals surface area contributed by atoms with Crippen molar-refractivity contribution < 1.29 is 22.9 Å². The third-order valence-electron chi connectivity index (χ3n) is 6.35. The van der Waals surface area contributed by atoms with Crippen molar-refractivity contribution in [2.75, 3.05) is 17.1 Å². The first kappa shape index (κ1) is 31.6. The maximum absolute atomic E-state index is 14.1. The van der Waals surface area contributed by atoms with Crippen LogP contribution in [0.3, 0.4) is 0 Å². The summed E-state index contributed by atoms with van der Waals surface area (Å²) in [5.74, 6) is -1.09. The van der Waals surface area contributed by atoms with Crippen LogP contribution < -0.4 is 9.62 Å². The number of hydrogen-bond donors (Lipinski definition) is 1. The van der Waals surface area contributed by atoms with E-state index in [1.807, 2.05) is 30.3 Å². The van der Waals surface area contributed by atoms with Crippen molar-refractivity contribution in [3.8, 4) is 0 Å². The molecular formula is C29H33ClN4O6S. The molecule has 0 saturated heterocycles. The molecule has 10 nitrogen and oxygen atoms in total. The Labute approximate surface area is 245 Å². The predicted molar refractivity (Wildman–Crippen MR) is 159 cm³/mol. The van der Waals surface area contributed by atoms with E-state index >= 15 is 0 Å². The number of anilines is 1. The van der Waals surface area contributed by atoms with Gasteiger partial charge in [-0.3, -0.25) is 24.0 Å². The smallest absolute Gasteiger partial charge is 0.271 e. The number of benzene rings is 3. The predicted octanol–water partition coefficient (Wildman–Crippen LogP) is 4.49. The average Bonchev–Trinajstić information content (AvgIpc) is 2.90. The molecule has 12 heteroatoms. The lowest BCUT2D eigenvalue weighted by atomic mass is 10.0. The fraction of sp³-hybridized carbons (Fsp3) is 0.310. The molecule has 3 aromatic carbocycles. The molecule has 41 heavy (non-hydrogen) atoms. The number of aryl methyl sites for hydroxylation is 1. The molecule has 1 atom stereocenters. The molecule has 218 valence electrons. The molecule has 0 aliphatic carbocycles. The summed E-state index contributed by atoms with van der Waals surface area (Å²) in [6, 6.07) is 18.6. The van der Waals surface area contributed by atoms with E-state index in [9.17, 15) is 28.1 Å². The summed E-state index contributed by atoms with van der Waals surface area (Å²) in [6.07, 6.45) is 1.08. The minimum atomic E-state index is -4.08. The number of amides is 2. The Kier molecular flexibility index (Phi) is 10.5. The molecule has 3 aromatic rings. The van der Waals surface area contributed by atoms with Crippen LogP contribution in [0.25, 0.3) is 0 Å². The molecule has 0 aliphatic heterocycles. The number of hydrogen-bond acceptors (Lipinski definition) is 6. The van der Waals surface area contributed by atoms with E-state index in [1.165, 1.54) is 17.0 Å². The topological polar surface area (TPSA) is 130 Å². The Balaban J connectivity index is 2.12. The zero-order chi connectivity index (χ0) is 30.3. The lowest BCUT2D eigenvalue weighted by Crippen LogP contribution is -2.54. The third-order valence-corrected chi connectivity index (χ3v) is 7.85. The van der Waals surface area contributed by atoms with Gasteiger partial charge in [-0.15, -0.1) is 0 Å². The standard InChI is InChI=1S/C29H33ClN4O6S/c1-20(2)31-29(36)27(16-22-10-6-5-7-11-22)32(18-23-12-8-9-13-25(23)30)28(35)19-33(41(4,39)40)26-17-24(34(37)38)15-14-21(26)3/h5-15,17,20,27H,16,18-19H2,1-4H3,(H,31,36)/t27-/m0/s1. The van der Waals surface area contributed by atoms with Crippen molar-refractivity contribution in [3.05, 3.63) is 105 Å². The first-order valence-electron chi connectivity index (χ1n) is 12.9. The van der Waals surface area contributed by atoms with Gasteiger partial charge in [-0.05, 0) is 43.5 Å². The number of sulfonamides is 1. The van der Waals surface area contributed by atoms with Crippen LogP contribution in [0.2, 0.25) is 5.02 Å². The minimum absolute atomic E-state index is 0.000940.